The van der Waals surface area contributed by atoms with Crippen molar-refractivity contribution in [1.29, 1.82) is 0 Å². The highest BCUT2D eigenvalue weighted by Crippen LogP contribution is 2.17. The van der Waals surface area contributed by atoms with Crippen LogP contribution in [0.5, 0.6) is 0 Å². The zero-order valence-electron chi connectivity index (χ0n) is 8.68. The quantitative estimate of drug-likeness (QED) is 0.688. The molecule has 0 aromatic rings. The molecule has 0 saturated heterocycles. The molecule has 0 aliphatic heterocycles. The minimum Gasteiger partial charge on any atom is -0.360 e. The first-order valence-electron chi connectivity index (χ1n) is 5.25. The summed E-state index contributed by atoms with van der Waals surface area (Å²) < 4.78 is 0. The maximum atomic E-state index is 5.27. The smallest absolute Gasteiger partial charge is 0.168 e. The Labute approximate surface area is 86.7 Å². The summed E-state index contributed by atoms with van der Waals surface area (Å²) in [5, 5.41) is 4.34. The normalized spacial score (nSPS) is 18.3. The third-order valence-corrected chi connectivity index (χ3v) is 3.18. The monoisotopic (exact) mass is 200 g/mol. The van der Waals surface area contributed by atoms with Crippen LogP contribution >= 0.6 is 12.2 Å². The number of rotatable bonds is 2. The Bertz CT molecular complexity index is 164. The molecule has 0 unspecified atom stereocenters. The molecule has 0 spiro atoms. The van der Waals surface area contributed by atoms with E-state index in [-0.39, 0.29) is 0 Å². The van der Waals surface area contributed by atoms with E-state index in [1.807, 2.05) is 7.05 Å². The topological polar surface area (TPSA) is 15.3 Å². The molecule has 0 heterocycles. The second kappa shape index (κ2) is 5.43. The largest absolute Gasteiger partial charge is 0.360 e. The third-order valence-electron chi connectivity index (χ3n) is 2.75. The fraction of sp³-hybridized carbons (Fsp3) is 0.900. The fourth-order valence-corrected chi connectivity index (χ4v) is 1.97. The van der Waals surface area contributed by atoms with Gasteiger partial charge >= 0.3 is 0 Å². The minimum absolute atomic E-state index is 0.634. The molecular weight excluding hydrogens is 180 g/mol. The van der Waals surface area contributed by atoms with E-state index in [9.17, 15) is 0 Å². The zero-order chi connectivity index (χ0) is 9.68. The highest BCUT2D eigenvalue weighted by Gasteiger charge is 2.14. The van der Waals surface area contributed by atoms with E-state index in [4.69, 9.17) is 12.2 Å². The van der Waals surface area contributed by atoms with Crippen LogP contribution in [-0.4, -0.2) is 29.6 Å². The van der Waals surface area contributed by atoms with E-state index in [2.05, 4.69) is 17.1 Å². The Kier molecular flexibility index (Phi) is 4.50. The van der Waals surface area contributed by atoms with Crippen LogP contribution < -0.4 is 5.32 Å². The van der Waals surface area contributed by atoms with Gasteiger partial charge in [0.2, 0.25) is 0 Å². The molecule has 1 N–H and O–H groups in total. The van der Waals surface area contributed by atoms with Gasteiger partial charge in [-0.15, -0.1) is 0 Å². The molecule has 0 radical (unpaired) electrons. The molecule has 0 bridgehead atoms. The summed E-state index contributed by atoms with van der Waals surface area (Å²) in [4.78, 5) is 2.09. The first-order valence-corrected chi connectivity index (χ1v) is 5.66. The van der Waals surface area contributed by atoms with Gasteiger partial charge < -0.3 is 10.2 Å². The predicted molar refractivity (Wildman–Crippen MR) is 60.9 cm³/mol. The molecular formula is C10H20N2S. The van der Waals surface area contributed by atoms with Crippen LogP contribution in [0.4, 0.5) is 0 Å². The lowest BCUT2D eigenvalue weighted by Gasteiger charge is -2.27. The molecule has 1 aliphatic carbocycles. The Morgan fingerprint density at radius 1 is 1.38 bits per heavy atom. The zero-order valence-corrected chi connectivity index (χ0v) is 9.49. The van der Waals surface area contributed by atoms with E-state index >= 15 is 0 Å². The van der Waals surface area contributed by atoms with Gasteiger partial charge in [0.25, 0.3) is 0 Å². The molecule has 2 nitrogen and oxygen atoms in total. The summed E-state index contributed by atoms with van der Waals surface area (Å²) in [5.41, 5.74) is 0. The van der Waals surface area contributed by atoms with Gasteiger partial charge in [0.05, 0.1) is 0 Å². The number of hydrogen-bond donors (Lipinski definition) is 1. The molecule has 13 heavy (non-hydrogen) atoms. The molecule has 1 saturated carbocycles. The van der Waals surface area contributed by atoms with Crippen LogP contribution in [0.15, 0.2) is 0 Å². The molecule has 1 aliphatic rings. The summed E-state index contributed by atoms with van der Waals surface area (Å²) in [7, 11) is 2.04. The lowest BCUT2D eigenvalue weighted by Crippen LogP contribution is -2.43. The third kappa shape index (κ3) is 3.51. The van der Waals surface area contributed by atoms with Crippen molar-refractivity contribution in [2.45, 2.75) is 45.1 Å². The summed E-state index contributed by atoms with van der Waals surface area (Å²) >= 11 is 5.27. The maximum absolute atomic E-state index is 5.27. The van der Waals surface area contributed by atoms with Crippen LogP contribution in [0.1, 0.15) is 39.0 Å². The van der Waals surface area contributed by atoms with Crippen molar-refractivity contribution in [2.75, 3.05) is 13.6 Å². The second-order valence-electron chi connectivity index (χ2n) is 3.80. The molecule has 3 heteroatoms. The van der Waals surface area contributed by atoms with Crippen LogP contribution in [0.2, 0.25) is 0 Å². The molecule has 0 amide bonds. The first-order chi connectivity index (χ1) is 6.24. The van der Waals surface area contributed by atoms with Crippen LogP contribution in [0.3, 0.4) is 0 Å². The van der Waals surface area contributed by atoms with E-state index in [1.54, 1.807) is 0 Å². The van der Waals surface area contributed by atoms with E-state index in [1.165, 1.54) is 32.1 Å². The van der Waals surface area contributed by atoms with Crippen LogP contribution in [0, 0.1) is 0 Å². The van der Waals surface area contributed by atoms with E-state index in [0.717, 1.165) is 11.7 Å². The summed E-state index contributed by atoms with van der Waals surface area (Å²) in [6.07, 6.45) is 6.69. The molecule has 0 aromatic carbocycles. The van der Waals surface area contributed by atoms with Crippen molar-refractivity contribution in [3.8, 4) is 0 Å². The van der Waals surface area contributed by atoms with Gasteiger partial charge in [-0.1, -0.05) is 19.3 Å². The molecule has 76 valence electrons. The molecule has 1 rings (SSSR count). The Hall–Kier alpha value is -0.310. The fourth-order valence-electron chi connectivity index (χ4n) is 1.68. The van der Waals surface area contributed by atoms with Gasteiger partial charge in [0.1, 0.15) is 0 Å². The number of nitrogens with zero attached hydrogens (tertiary/aromatic N) is 1. The summed E-state index contributed by atoms with van der Waals surface area (Å²) in [5.74, 6) is 0. The predicted octanol–water partition coefficient (Wildman–Crippen LogP) is 2.15. The lowest BCUT2D eigenvalue weighted by molar-refractivity contribution is 0.397. The van der Waals surface area contributed by atoms with Gasteiger partial charge in [-0.3, -0.25) is 0 Å². The number of thiocarbonyl (C=S) groups is 1. The maximum Gasteiger partial charge on any atom is 0.168 e. The standard InChI is InChI=1S/C10H20N2S/c1-3-12(2)10(13)11-9-7-5-4-6-8-9/h9H,3-8H2,1-2H3,(H,11,13). The van der Waals surface area contributed by atoms with Gasteiger partial charge in [-0.2, -0.15) is 0 Å². The Morgan fingerprint density at radius 2 is 2.00 bits per heavy atom. The number of hydrogen-bond acceptors (Lipinski definition) is 1. The van der Waals surface area contributed by atoms with Gasteiger partial charge in [-0.25, -0.2) is 0 Å². The average Bonchev–Trinajstić information content (AvgIpc) is 2.18. The average molecular weight is 200 g/mol. The van der Waals surface area contributed by atoms with Crippen molar-refractivity contribution < 1.29 is 0 Å². The molecule has 0 aromatic heterocycles. The number of nitrogens with one attached hydrogen (secondary N) is 1. The van der Waals surface area contributed by atoms with Gasteiger partial charge in [0.15, 0.2) is 5.11 Å². The molecule has 1 fully saturated rings. The highest BCUT2D eigenvalue weighted by atomic mass is 32.1. The van der Waals surface area contributed by atoms with Crippen molar-refractivity contribution in [3.05, 3.63) is 0 Å². The SMILES string of the molecule is CCN(C)C(=S)NC1CCCCC1. The Morgan fingerprint density at radius 3 is 2.54 bits per heavy atom. The van der Waals surface area contributed by atoms with Crippen molar-refractivity contribution in [3.63, 3.8) is 0 Å². The Balaban J connectivity index is 2.26. The van der Waals surface area contributed by atoms with Crippen LogP contribution in [-0.2, 0) is 0 Å². The summed E-state index contributed by atoms with van der Waals surface area (Å²) in [6.45, 7) is 3.10. The lowest BCUT2D eigenvalue weighted by atomic mass is 9.96. The highest BCUT2D eigenvalue weighted by molar-refractivity contribution is 7.80. The van der Waals surface area contributed by atoms with Crippen molar-refractivity contribution in [1.82, 2.24) is 10.2 Å². The van der Waals surface area contributed by atoms with E-state index in [0.29, 0.717) is 6.04 Å². The minimum atomic E-state index is 0.634. The van der Waals surface area contributed by atoms with Gasteiger partial charge in [0, 0.05) is 19.6 Å². The van der Waals surface area contributed by atoms with Gasteiger partial charge in [-0.05, 0) is 32.0 Å². The first kappa shape index (κ1) is 10.8. The second-order valence-corrected chi connectivity index (χ2v) is 4.19. The summed E-state index contributed by atoms with van der Waals surface area (Å²) in [6, 6.07) is 0.634. The van der Waals surface area contributed by atoms with Crippen molar-refractivity contribution in [2.24, 2.45) is 0 Å². The van der Waals surface area contributed by atoms with E-state index < -0.39 is 0 Å². The molecule has 0 atom stereocenters. The van der Waals surface area contributed by atoms with Crippen LogP contribution in [0.25, 0.3) is 0 Å². The van der Waals surface area contributed by atoms with Crippen molar-refractivity contribution >= 4 is 17.3 Å².